The molecule has 0 aromatic heterocycles. The lowest BCUT2D eigenvalue weighted by Gasteiger charge is -2.32. The zero-order valence-electron chi connectivity index (χ0n) is 20.7. The predicted octanol–water partition coefficient (Wildman–Crippen LogP) is 5.30. The van der Waals surface area contributed by atoms with Gasteiger partial charge in [-0.1, -0.05) is 72.8 Å². The van der Waals surface area contributed by atoms with Crippen LogP contribution >= 0.6 is 0 Å². The van der Waals surface area contributed by atoms with E-state index >= 15 is 0 Å². The number of amides is 2. The van der Waals surface area contributed by atoms with E-state index in [0.29, 0.717) is 35.8 Å². The van der Waals surface area contributed by atoms with Crippen LogP contribution in [0.1, 0.15) is 33.1 Å². The number of carbonyl (C=O) groups is 2. The van der Waals surface area contributed by atoms with Gasteiger partial charge in [0.2, 0.25) is 5.91 Å². The molecule has 1 atom stereocenters. The highest BCUT2D eigenvalue weighted by Gasteiger charge is 2.33. The molecule has 0 radical (unpaired) electrons. The summed E-state index contributed by atoms with van der Waals surface area (Å²) >= 11 is 0. The van der Waals surface area contributed by atoms with Gasteiger partial charge < -0.3 is 19.7 Å². The molecule has 4 aromatic carbocycles. The monoisotopic (exact) mass is 510 g/mol. The fourth-order valence-electron chi connectivity index (χ4n) is 4.40. The van der Waals surface area contributed by atoms with Gasteiger partial charge in [-0.3, -0.25) is 9.59 Å². The molecule has 1 heterocycles. The van der Waals surface area contributed by atoms with Crippen molar-refractivity contribution in [3.63, 3.8) is 0 Å². The van der Waals surface area contributed by atoms with Crippen LogP contribution in [-0.4, -0.2) is 29.9 Å². The number of fused-ring (bicyclic) bond motifs is 1. The normalized spacial score (nSPS) is 12.9. The van der Waals surface area contributed by atoms with Gasteiger partial charge in [0.1, 0.15) is 25.1 Å². The van der Waals surface area contributed by atoms with Crippen LogP contribution < -0.4 is 14.8 Å². The molecule has 5 rings (SSSR count). The maximum absolute atomic E-state index is 14.1. The van der Waals surface area contributed by atoms with Crippen molar-refractivity contribution < 1.29 is 23.5 Å². The maximum atomic E-state index is 14.1. The van der Waals surface area contributed by atoms with E-state index in [4.69, 9.17) is 9.47 Å². The van der Waals surface area contributed by atoms with E-state index in [1.54, 1.807) is 18.2 Å². The quantitative estimate of drug-likeness (QED) is 0.350. The number of nitrogens with one attached hydrogen (secondary N) is 1. The lowest BCUT2D eigenvalue weighted by Crippen LogP contribution is -2.43. The van der Waals surface area contributed by atoms with E-state index in [9.17, 15) is 14.0 Å². The van der Waals surface area contributed by atoms with Gasteiger partial charge >= 0.3 is 0 Å². The Hall–Kier alpha value is -4.65. The smallest absolute Gasteiger partial charge is 0.255 e. The van der Waals surface area contributed by atoms with Crippen LogP contribution in [0, 0.1) is 5.82 Å². The molecule has 1 N–H and O–H groups in total. The summed E-state index contributed by atoms with van der Waals surface area (Å²) in [6.07, 6.45) is 0. The first-order chi connectivity index (χ1) is 18.6. The van der Waals surface area contributed by atoms with Crippen LogP contribution in [-0.2, 0) is 17.9 Å². The number of nitrogens with zero attached hydrogens (tertiary/aromatic N) is 1. The summed E-state index contributed by atoms with van der Waals surface area (Å²) in [5.74, 6) is -0.117. The highest BCUT2D eigenvalue weighted by Crippen LogP contribution is 2.33. The van der Waals surface area contributed by atoms with Crippen molar-refractivity contribution >= 4 is 11.8 Å². The van der Waals surface area contributed by atoms with Crippen molar-refractivity contribution in [1.29, 1.82) is 0 Å². The van der Waals surface area contributed by atoms with Gasteiger partial charge in [0.25, 0.3) is 5.91 Å². The fraction of sp³-hybridized carbons (Fsp3) is 0.161. The Morgan fingerprint density at radius 2 is 1.42 bits per heavy atom. The summed E-state index contributed by atoms with van der Waals surface area (Å²) in [6, 6.07) is 28.6. The van der Waals surface area contributed by atoms with Gasteiger partial charge in [0.05, 0.1) is 0 Å². The second-order valence-corrected chi connectivity index (χ2v) is 8.93. The standard InChI is InChI=1S/C31H27FN2O4/c32-26-14-11-24(12-15-26)29(30(35)33-20-22-7-3-1-4-8-22)34(21-23-9-5-2-6-10-23)31(36)25-13-16-27-28(19-25)38-18-17-37-27/h1-16,19,29H,17-18,20-21H2,(H,33,35)/t29-/m1/s1. The summed E-state index contributed by atoms with van der Waals surface area (Å²) < 4.78 is 25.1. The number of rotatable bonds is 8. The molecule has 0 spiro atoms. The van der Waals surface area contributed by atoms with Crippen LogP contribution in [0.3, 0.4) is 0 Å². The summed E-state index contributed by atoms with van der Waals surface area (Å²) in [7, 11) is 0. The molecule has 0 saturated heterocycles. The van der Waals surface area contributed by atoms with Crippen LogP contribution in [0.2, 0.25) is 0 Å². The second kappa shape index (κ2) is 11.6. The van der Waals surface area contributed by atoms with Gasteiger partial charge in [-0.15, -0.1) is 0 Å². The van der Waals surface area contributed by atoms with Crippen LogP contribution in [0.4, 0.5) is 4.39 Å². The SMILES string of the molecule is O=C(NCc1ccccc1)[C@@H](c1ccc(F)cc1)N(Cc1ccccc1)C(=O)c1ccc2c(c1)OCCO2. The Morgan fingerprint density at radius 3 is 2.11 bits per heavy atom. The average Bonchev–Trinajstić information content (AvgIpc) is 2.97. The maximum Gasteiger partial charge on any atom is 0.255 e. The van der Waals surface area contributed by atoms with Crippen LogP contribution in [0.25, 0.3) is 0 Å². The molecule has 1 aliphatic rings. The minimum atomic E-state index is -1.01. The number of benzene rings is 4. The largest absolute Gasteiger partial charge is 0.486 e. The first-order valence-corrected chi connectivity index (χ1v) is 12.4. The van der Waals surface area contributed by atoms with Gasteiger partial charge in [0.15, 0.2) is 11.5 Å². The van der Waals surface area contributed by atoms with E-state index < -0.39 is 11.9 Å². The molecule has 4 aromatic rings. The first-order valence-electron chi connectivity index (χ1n) is 12.4. The molecule has 0 fully saturated rings. The highest BCUT2D eigenvalue weighted by atomic mass is 19.1. The molecule has 192 valence electrons. The average molecular weight is 511 g/mol. The summed E-state index contributed by atoms with van der Waals surface area (Å²) in [5, 5.41) is 2.96. The lowest BCUT2D eigenvalue weighted by atomic mass is 10.0. The molecule has 0 saturated carbocycles. The van der Waals surface area contributed by atoms with Crippen molar-refractivity contribution in [2.24, 2.45) is 0 Å². The molecule has 6 nitrogen and oxygen atoms in total. The zero-order chi connectivity index (χ0) is 26.3. The third-order valence-corrected chi connectivity index (χ3v) is 6.30. The number of hydrogen-bond donors (Lipinski definition) is 1. The van der Waals surface area contributed by atoms with Gasteiger partial charge in [-0.05, 0) is 47.0 Å². The number of ether oxygens (including phenoxy) is 2. The molecule has 7 heteroatoms. The summed E-state index contributed by atoms with van der Waals surface area (Å²) in [6.45, 7) is 1.27. The Kier molecular flexibility index (Phi) is 7.64. The van der Waals surface area contributed by atoms with Gasteiger partial charge in [-0.25, -0.2) is 4.39 Å². The number of halogens is 1. The van der Waals surface area contributed by atoms with E-state index in [1.807, 2.05) is 60.7 Å². The number of hydrogen-bond acceptors (Lipinski definition) is 4. The van der Waals surface area contributed by atoms with Crippen molar-refractivity contribution in [3.05, 3.63) is 131 Å². The number of carbonyl (C=O) groups excluding carboxylic acids is 2. The Labute approximate surface area is 220 Å². The van der Waals surface area contributed by atoms with E-state index in [-0.39, 0.29) is 24.9 Å². The summed E-state index contributed by atoms with van der Waals surface area (Å²) in [5.41, 5.74) is 2.62. The van der Waals surface area contributed by atoms with Gasteiger partial charge in [-0.2, -0.15) is 0 Å². The van der Waals surface area contributed by atoms with Crippen LogP contribution in [0.15, 0.2) is 103 Å². The minimum absolute atomic E-state index is 0.162. The Morgan fingerprint density at radius 1 is 0.789 bits per heavy atom. The molecular weight excluding hydrogens is 483 g/mol. The molecule has 38 heavy (non-hydrogen) atoms. The van der Waals surface area contributed by atoms with E-state index in [2.05, 4.69) is 5.32 Å². The third-order valence-electron chi connectivity index (χ3n) is 6.30. The van der Waals surface area contributed by atoms with Crippen molar-refractivity contribution in [2.75, 3.05) is 13.2 Å². The second-order valence-electron chi connectivity index (χ2n) is 8.93. The van der Waals surface area contributed by atoms with E-state index in [0.717, 1.165) is 11.1 Å². The molecule has 0 bridgehead atoms. The Bertz CT molecular complexity index is 1390. The van der Waals surface area contributed by atoms with Crippen molar-refractivity contribution in [2.45, 2.75) is 19.1 Å². The van der Waals surface area contributed by atoms with Crippen LogP contribution in [0.5, 0.6) is 11.5 Å². The van der Waals surface area contributed by atoms with Crippen molar-refractivity contribution in [3.8, 4) is 11.5 Å². The first kappa shape index (κ1) is 25.0. The van der Waals surface area contributed by atoms with E-state index in [1.165, 1.54) is 29.2 Å². The lowest BCUT2D eigenvalue weighted by molar-refractivity contribution is -0.126. The molecule has 0 aliphatic carbocycles. The zero-order valence-corrected chi connectivity index (χ0v) is 20.7. The molecule has 0 unspecified atom stereocenters. The topological polar surface area (TPSA) is 67.9 Å². The minimum Gasteiger partial charge on any atom is -0.486 e. The van der Waals surface area contributed by atoms with Gasteiger partial charge in [0, 0.05) is 18.7 Å². The fourth-order valence-corrected chi connectivity index (χ4v) is 4.40. The van der Waals surface area contributed by atoms with Crippen molar-refractivity contribution in [1.82, 2.24) is 10.2 Å². The highest BCUT2D eigenvalue weighted by molar-refractivity contribution is 5.98. The summed E-state index contributed by atoms with van der Waals surface area (Å²) in [4.78, 5) is 29.3. The molecular formula is C31H27FN2O4. The predicted molar refractivity (Wildman–Crippen MR) is 141 cm³/mol. The molecule has 1 aliphatic heterocycles. The molecule has 2 amide bonds. The Balaban J connectivity index is 1.53. The third kappa shape index (κ3) is 5.83.